The highest BCUT2D eigenvalue weighted by atomic mass is 16.4. The zero-order valence-corrected chi connectivity index (χ0v) is 9.94. The molecule has 0 saturated carbocycles. The Balaban J connectivity index is 2.21. The van der Waals surface area contributed by atoms with Gasteiger partial charge in [-0.25, -0.2) is 0 Å². The van der Waals surface area contributed by atoms with Crippen LogP contribution in [-0.2, 0) is 0 Å². The predicted molar refractivity (Wildman–Crippen MR) is 62.9 cm³/mol. The zero-order chi connectivity index (χ0) is 12.4. The largest absolute Gasteiger partial charge is 0.417 e. The van der Waals surface area contributed by atoms with Gasteiger partial charge in [-0.1, -0.05) is 12.1 Å². The average Bonchev–Trinajstić information content (AvgIpc) is 2.70. The van der Waals surface area contributed by atoms with Gasteiger partial charge >= 0.3 is 11.8 Å². The molecule has 0 bridgehead atoms. The molecule has 17 heavy (non-hydrogen) atoms. The highest BCUT2D eigenvalue weighted by molar-refractivity contribution is 6.01. The summed E-state index contributed by atoms with van der Waals surface area (Å²) in [5.74, 6) is -0.0428. The van der Waals surface area contributed by atoms with Crippen LogP contribution in [0.5, 0.6) is 0 Å². The molecule has 5 heteroatoms. The van der Waals surface area contributed by atoms with E-state index < -0.39 is 0 Å². The molecule has 0 aliphatic heterocycles. The number of carbonyl (C=O) groups excluding carboxylic acids is 1. The summed E-state index contributed by atoms with van der Waals surface area (Å²) < 4.78 is 5.05. The molecule has 0 fully saturated rings. The maximum absolute atomic E-state index is 11.8. The SMILES string of the molecule is Cc1ccc(C)c(NC(=O)c2nnc(C)o2)c1. The molecule has 0 saturated heterocycles. The lowest BCUT2D eigenvalue weighted by molar-refractivity contribution is 0.0989. The van der Waals surface area contributed by atoms with Crippen LogP contribution in [0.3, 0.4) is 0 Å². The van der Waals surface area contributed by atoms with Gasteiger partial charge in [0.05, 0.1) is 0 Å². The van der Waals surface area contributed by atoms with Crippen LogP contribution in [0.1, 0.15) is 27.7 Å². The number of nitrogens with one attached hydrogen (secondary N) is 1. The van der Waals surface area contributed by atoms with Gasteiger partial charge in [-0.2, -0.15) is 0 Å². The van der Waals surface area contributed by atoms with Gasteiger partial charge in [-0.3, -0.25) is 4.79 Å². The number of hydrogen-bond donors (Lipinski definition) is 1. The summed E-state index contributed by atoms with van der Waals surface area (Å²) in [6.45, 7) is 5.53. The number of hydrogen-bond acceptors (Lipinski definition) is 4. The van der Waals surface area contributed by atoms with Crippen molar-refractivity contribution in [2.45, 2.75) is 20.8 Å². The molecule has 0 aliphatic carbocycles. The fourth-order valence-corrected chi connectivity index (χ4v) is 1.43. The first-order valence-electron chi connectivity index (χ1n) is 5.25. The van der Waals surface area contributed by atoms with Crippen LogP contribution < -0.4 is 5.32 Å². The molecule has 88 valence electrons. The van der Waals surface area contributed by atoms with Crippen LogP contribution in [0.15, 0.2) is 22.6 Å². The molecule has 1 aromatic heterocycles. The van der Waals surface area contributed by atoms with Gasteiger partial charge in [0.15, 0.2) is 0 Å². The lowest BCUT2D eigenvalue weighted by atomic mass is 10.1. The number of amides is 1. The maximum Gasteiger partial charge on any atom is 0.313 e. The topological polar surface area (TPSA) is 68.0 Å². The van der Waals surface area contributed by atoms with Crippen molar-refractivity contribution in [3.8, 4) is 0 Å². The first-order valence-corrected chi connectivity index (χ1v) is 5.25. The molecule has 5 nitrogen and oxygen atoms in total. The van der Waals surface area contributed by atoms with Crippen molar-refractivity contribution in [2.24, 2.45) is 0 Å². The Hall–Kier alpha value is -2.17. The van der Waals surface area contributed by atoms with Gasteiger partial charge in [0.25, 0.3) is 0 Å². The number of carbonyl (C=O) groups is 1. The minimum Gasteiger partial charge on any atom is -0.417 e. The lowest BCUT2D eigenvalue weighted by Crippen LogP contribution is -2.13. The number of nitrogens with zero attached hydrogens (tertiary/aromatic N) is 2. The summed E-state index contributed by atoms with van der Waals surface area (Å²) in [6.07, 6.45) is 0. The van der Waals surface area contributed by atoms with Crippen LogP contribution in [0.4, 0.5) is 5.69 Å². The standard InChI is InChI=1S/C12H13N3O2/c1-7-4-5-8(2)10(6-7)13-11(16)12-15-14-9(3)17-12/h4-6H,1-3H3,(H,13,16). The van der Waals surface area contributed by atoms with Crippen molar-refractivity contribution >= 4 is 11.6 Å². The Labute approximate surface area is 98.9 Å². The van der Waals surface area contributed by atoms with E-state index in [4.69, 9.17) is 4.42 Å². The predicted octanol–water partition coefficient (Wildman–Crippen LogP) is 2.25. The van der Waals surface area contributed by atoms with E-state index in [1.165, 1.54) is 0 Å². The first kappa shape index (κ1) is 11.3. The summed E-state index contributed by atoms with van der Waals surface area (Å²) in [6, 6.07) is 5.84. The molecule has 2 rings (SSSR count). The van der Waals surface area contributed by atoms with E-state index in [0.717, 1.165) is 16.8 Å². The summed E-state index contributed by atoms with van der Waals surface area (Å²) >= 11 is 0. The molecule has 0 atom stereocenters. The second-order valence-electron chi connectivity index (χ2n) is 3.90. The van der Waals surface area contributed by atoms with Crippen molar-refractivity contribution < 1.29 is 9.21 Å². The van der Waals surface area contributed by atoms with E-state index in [-0.39, 0.29) is 11.8 Å². The average molecular weight is 231 g/mol. The molecule has 1 heterocycles. The van der Waals surface area contributed by atoms with E-state index in [1.54, 1.807) is 6.92 Å². The van der Waals surface area contributed by atoms with Crippen LogP contribution in [-0.4, -0.2) is 16.1 Å². The van der Waals surface area contributed by atoms with Crippen LogP contribution in [0.2, 0.25) is 0 Å². The highest BCUT2D eigenvalue weighted by Crippen LogP contribution is 2.17. The van der Waals surface area contributed by atoms with Gasteiger partial charge in [0.2, 0.25) is 5.89 Å². The Morgan fingerprint density at radius 1 is 1.24 bits per heavy atom. The van der Waals surface area contributed by atoms with Gasteiger partial charge in [-0.15, -0.1) is 10.2 Å². The lowest BCUT2D eigenvalue weighted by Gasteiger charge is -2.07. The number of aryl methyl sites for hydroxylation is 3. The smallest absolute Gasteiger partial charge is 0.313 e. The maximum atomic E-state index is 11.8. The fourth-order valence-electron chi connectivity index (χ4n) is 1.43. The number of rotatable bonds is 2. The number of aromatic nitrogens is 2. The number of benzene rings is 1. The molecular formula is C12H13N3O2. The quantitative estimate of drug-likeness (QED) is 0.860. The van der Waals surface area contributed by atoms with Crippen LogP contribution >= 0.6 is 0 Å². The second-order valence-corrected chi connectivity index (χ2v) is 3.90. The van der Waals surface area contributed by atoms with Gasteiger partial charge in [0, 0.05) is 12.6 Å². The zero-order valence-electron chi connectivity index (χ0n) is 9.94. The van der Waals surface area contributed by atoms with Gasteiger partial charge < -0.3 is 9.73 Å². The third-order valence-corrected chi connectivity index (χ3v) is 2.36. The molecule has 1 amide bonds. The Morgan fingerprint density at radius 2 is 2.00 bits per heavy atom. The minimum atomic E-state index is -0.390. The second kappa shape index (κ2) is 4.37. The molecule has 0 unspecified atom stereocenters. The van der Waals surface area contributed by atoms with Crippen molar-refractivity contribution in [2.75, 3.05) is 5.32 Å². The number of anilines is 1. The van der Waals surface area contributed by atoms with Crippen molar-refractivity contribution in [3.05, 3.63) is 41.1 Å². The molecular weight excluding hydrogens is 218 g/mol. The molecule has 0 spiro atoms. The monoisotopic (exact) mass is 231 g/mol. The molecule has 1 N–H and O–H groups in total. The minimum absolute atomic E-state index is 0.0246. The van der Waals surface area contributed by atoms with E-state index in [9.17, 15) is 4.79 Å². The van der Waals surface area contributed by atoms with Crippen LogP contribution in [0, 0.1) is 20.8 Å². The molecule has 1 aromatic carbocycles. The van der Waals surface area contributed by atoms with E-state index >= 15 is 0 Å². The van der Waals surface area contributed by atoms with Crippen molar-refractivity contribution in [3.63, 3.8) is 0 Å². The summed E-state index contributed by atoms with van der Waals surface area (Å²) in [5, 5.41) is 10.0. The van der Waals surface area contributed by atoms with Gasteiger partial charge in [-0.05, 0) is 31.0 Å². The Kier molecular flexibility index (Phi) is 2.91. The Bertz CT molecular complexity index is 561. The van der Waals surface area contributed by atoms with Crippen molar-refractivity contribution in [1.82, 2.24) is 10.2 Å². The van der Waals surface area contributed by atoms with Crippen molar-refractivity contribution in [1.29, 1.82) is 0 Å². The van der Waals surface area contributed by atoms with E-state index in [1.807, 2.05) is 32.0 Å². The third-order valence-electron chi connectivity index (χ3n) is 2.36. The summed E-state index contributed by atoms with van der Waals surface area (Å²) in [7, 11) is 0. The highest BCUT2D eigenvalue weighted by Gasteiger charge is 2.14. The first-order chi connectivity index (χ1) is 8.06. The summed E-state index contributed by atoms with van der Waals surface area (Å²) in [5.41, 5.74) is 2.82. The molecule has 0 radical (unpaired) electrons. The Morgan fingerprint density at radius 3 is 2.65 bits per heavy atom. The fraction of sp³-hybridized carbons (Fsp3) is 0.250. The summed E-state index contributed by atoms with van der Waals surface area (Å²) in [4.78, 5) is 11.8. The van der Waals surface area contributed by atoms with E-state index in [0.29, 0.717) is 5.89 Å². The molecule has 2 aromatic rings. The molecule has 0 aliphatic rings. The third kappa shape index (κ3) is 2.50. The normalized spacial score (nSPS) is 10.3. The van der Waals surface area contributed by atoms with E-state index in [2.05, 4.69) is 15.5 Å². The van der Waals surface area contributed by atoms with Gasteiger partial charge in [0.1, 0.15) is 0 Å². The van der Waals surface area contributed by atoms with Crippen LogP contribution in [0.25, 0.3) is 0 Å².